The fraction of sp³-hybridized carbons (Fsp3) is 0.500. The molecule has 1 aromatic carbocycles. The molecule has 2 saturated heterocycles. The zero-order chi connectivity index (χ0) is 18.5. The van der Waals surface area contributed by atoms with Crippen molar-refractivity contribution < 1.29 is 9.53 Å². The largest absolute Gasteiger partial charge is 0.489 e. The summed E-state index contributed by atoms with van der Waals surface area (Å²) >= 11 is 1.76. The summed E-state index contributed by atoms with van der Waals surface area (Å²) in [7, 11) is 0. The Labute approximate surface area is 165 Å². The van der Waals surface area contributed by atoms with E-state index in [-0.39, 0.29) is 12.0 Å². The van der Waals surface area contributed by atoms with Gasteiger partial charge >= 0.3 is 0 Å². The van der Waals surface area contributed by atoms with Crippen LogP contribution in [0, 0.1) is 0 Å². The predicted molar refractivity (Wildman–Crippen MR) is 109 cm³/mol. The van der Waals surface area contributed by atoms with Gasteiger partial charge in [-0.05, 0) is 66.6 Å². The molecule has 2 aromatic rings. The summed E-state index contributed by atoms with van der Waals surface area (Å²) in [6, 6.07) is 9.98. The first-order chi connectivity index (χ1) is 13.3. The van der Waals surface area contributed by atoms with Crippen LogP contribution in [0.2, 0.25) is 0 Å². The van der Waals surface area contributed by atoms with Crippen LogP contribution in [0.25, 0.3) is 0 Å². The van der Waals surface area contributed by atoms with Gasteiger partial charge in [-0.15, -0.1) is 0 Å². The number of benzene rings is 1. The van der Waals surface area contributed by atoms with Gasteiger partial charge in [0.1, 0.15) is 11.9 Å². The second kappa shape index (κ2) is 8.89. The fourth-order valence-electron chi connectivity index (χ4n) is 4.02. The number of nitrogens with zero attached hydrogens (tertiary/aromatic N) is 2. The molecular weight excluding hydrogens is 356 g/mol. The summed E-state index contributed by atoms with van der Waals surface area (Å²) in [4.78, 5) is 17.4. The number of para-hydroxylation sites is 1. The number of hydrogen-bond acceptors (Lipinski definition) is 4. The predicted octanol–water partition coefficient (Wildman–Crippen LogP) is 4.42. The van der Waals surface area contributed by atoms with E-state index in [1.165, 1.54) is 12.0 Å². The molecule has 1 aromatic heterocycles. The standard InChI is InChI=1S/C22H28N2O2S/c25-22(24-11-4-1-5-12-24)20-6-2-3-7-21(20)26-19-8-13-23(14-9-19)16-18-10-15-27-17-18/h2-3,6-7,10,15,17,19H,1,4-5,8-9,11-14,16H2. The van der Waals surface area contributed by atoms with Gasteiger partial charge in [0.2, 0.25) is 0 Å². The normalized spacial score (nSPS) is 19.2. The lowest BCUT2D eigenvalue weighted by Crippen LogP contribution is -2.38. The molecule has 5 heteroatoms. The number of hydrogen-bond donors (Lipinski definition) is 0. The highest BCUT2D eigenvalue weighted by Gasteiger charge is 2.25. The van der Waals surface area contributed by atoms with Crippen LogP contribution in [-0.4, -0.2) is 48.0 Å². The number of carbonyl (C=O) groups excluding carboxylic acids is 1. The van der Waals surface area contributed by atoms with Gasteiger partial charge in [0.05, 0.1) is 5.56 Å². The molecule has 0 unspecified atom stereocenters. The van der Waals surface area contributed by atoms with E-state index in [0.29, 0.717) is 0 Å². The third-order valence-corrected chi connectivity index (χ3v) is 6.31. The van der Waals surface area contributed by atoms with Gasteiger partial charge in [0, 0.05) is 32.7 Å². The number of amides is 1. The molecule has 4 nitrogen and oxygen atoms in total. The molecular formula is C22H28N2O2S. The summed E-state index contributed by atoms with van der Waals surface area (Å²) in [6.45, 7) is 4.86. The first-order valence-electron chi connectivity index (χ1n) is 10.1. The highest BCUT2D eigenvalue weighted by atomic mass is 32.1. The van der Waals surface area contributed by atoms with Crippen LogP contribution in [0.3, 0.4) is 0 Å². The van der Waals surface area contributed by atoms with E-state index in [1.54, 1.807) is 11.3 Å². The lowest BCUT2D eigenvalue weighted by atomic mass is 10.1. The molecule has 27 heavy (non-hydrogen) atoms. The van der Waals surface area contributed by atoms with Crippen molar-refractivity contribution in [1.82, 2.24) is 9.80 Å². The maximum absolute atomic E-state index is 12.9. The molecule has 144 valence electrons. The Morgan fingerprint density at radius 2 is 1.81 bits per heavy atom. The summed E-state index contributed by atoms with van der Waals surface area (Å²) in [6.07, 6.45) is 5.66. The van der Waals surface area contributed by atoms with Gasteiger partial charge in [0.15, 0.2) is 0 Å². The van der Waals surface area contributed by atoms with Crippen molar-refractivity contribution >= 4 is 17.2 Å². The number of ether oxygens (including phenoxy) is 1. The van der Waals surface area contributed by atoms with Crippen molar-refractivity contribution in [2.45, 2.75) is 44.8 Å². The summed E-state index contributed by atoms with van der Waals surface area (Å²) in [5.74, 6) is 0.879. The second-order valence-electron chi connectivity index (χ2n) is 7.57. The van der Waals surface area contributed by atoms with Crippen molar-refractivity contribution in [1.29, 1.82) is 0 Å². The minimum absolute atomic E-state index is 0.125. The Balaban J connectivity index is 1.35. The van der Waals surface area contributed by atoms with Crippen molar-refractivity contribution in [3.63, 3.8) is 0 Å². The summed E-state index contributed by atoms with van der Waals surface area (Å²) in [5, 5.41) is 4.37. The van der Waals surface area contributed by atoms with E-state index in [9.17, 15) is 4.79 Å². The minimum atomic E-state index is 0.125. The fourth-order valence-corrected chi connectivity index (χ4v) is 4.68. The Hall–Kier alpha value is -1.85. The van der Waals surface area contributed by atoms with Gasteiger partial charge in [-0.3, -0.25) is 9.69 Å². The molecule has 0 saturated carbocycles. The first kappa shape index (κ1) is 18.5. The highest BCUT2D eigenvalue weighted by Crippen LogP contribution is 2.26. The van der Waals surface area contributed by atoms with Crippen LogP contribution in [0.1, 0.15) is 48.0 Å². The molecule has 0 aliphatic carbocycles. The molecule has 2 aliphatic rings. The third kappa shape index (κ3) is 4.71. The van der Waals surface area contributed by atoms with Gasteiger partial charge < -0.3 is 9.64 Å². The first-order valence-corrected chi connectivity index (χ1v) is 11.0. The molecule has 0 atom stereocenters. The molecule has 0 N–H and O–H groups in total. The van der Waals surface area contributed by atoms with E-state index >= 15 is 0 Å². The van der Waals surface area contributed by atoms with Crippen LogP contribution in [-0.2, 0) is 6.54 Å². The smallest absolute Gasteiger partial charge is 0.257 e. The van der Waals surface area contributed by atoms with Crippen molar-refractivity contribution in [2.24, 2.45) is 0 Å². The Bertz CT molecular complexity index is 733. The Morgan fingerprint density at radius 1 is 1.04 bits per heavy atom. The third-order valence-electron chi connectivity index (χ3n) is 5.58. The molecule has 3 heterocycles. The SMILES string of the molecule is O=C(c1ccccc1OC1CCN(Cc2ccsc2)CC1)N1CCCCC1. The zero-order valence-electron chi connectivity index (χ0n) is 15.8. The molecule has 0 radical (unpaired) electrons. The Morgan fingerprint density at radius 3 is 2.56 bits per heavy atom. The average molecular weight is 385 g/mol. The van der Waals surface area contributed by atoms with Gasteiger partial charge in [-0.2, -0.15) is 11.3 Å². The average Bonchev–Trinajstić information content (AvgIpc) is 3.23. The molecule has 1 amide bonds. The topological polar surface area (TPSA) is 32.8 Å². The molecule has 2 fully saturated rings. The van der Waals surface area contributed by atoms with Crippen LogP contribution in [0.5, 0.6) is 5.75 Å². The zero-order valence-corrected chi connectivity index (χ0v) is 16.6. The summed E-state index contributed by atoms with van der Waals surface area (Å²) in [5.41, 5.74) is 2.12. The van der Waals surface area contributed by atoms with Crippen molar-refractivity contribution in [3.8, 4) is 5.75 Å². The Kier molecular flexibility index (Phi) is 6.10. The van der Waals surface area contributed by atoms with E-state index < -0.39 is 0 Å². The second-order valence-corrected chi connectivity index (χ2v) is 8.35. The van der Waals surface area contributed by atoms with Crippen molar-refractivity contribution in [3.05, 3.63) is 52.2 Å². The number of piperidine rings is 2. The number of rotatable bonds is 5. The van der Waals surface area contributed by atoms with Crippen molar-refractivity contribution in [2.75, 3.05) is 26.2 Å². The van der Waals surface area contributed by atoms with E-state index in [4.69, 9.17) is 4.74 Å². The van der Waals surface area contributed by atoms with E-state index in [2.05, 4.69) is 21.7 Å². The quantitative estimate of drug-likeness (QED) is 0.765. The van der Waals surface area contributed by atoms with Crippen LogP contribution in [0.4, 0.5) is 0 Å². The monoisotopic (exact) mass is 384 g/mol. The lowest BCUT2D eigenvalue weighted by molar-refractivity contribution is 0.0702. The van der Waals surface area contributed by atoms with Crippen LogP contribution < -0.4 is 4.74 Å². The maximum atomic E-state index is 12.9. The van der Waals surface area contributed by atoms with Gasteiger partial charge in [-0.1, -0.05) is 12.1 Å². The molecule has 0 spiro atoms. The van der Waals surface area contributed by atoms with Crippen LogP contribution >= 0.6 is 11.3 Å². The highest BCUT2D eigenvalue weighted by molar-refractivity contribution is 7.07. The minimum Gasteiger partial charge on any atom is -0.489 e. The molecule has 4 rings (SSSR count). The molecule has 0 bridgehead atoms. The van der Waals surface area contributed by atoms with Gasteiger partial charge in [0.25, 0.3) is 5.91 Å². The summed E-state index contributed by atoms with van der Waals surface area (Å²) < 4.78 is 6.31. The number of carbonyl (C=O) groups is 1. The van der Waals surface area contributed by atoms with Crippen LogP contribution in [0.15, 0.2) is 41.1 Å². The lowest BCUT2D eigenvalue weighted by Gasteiger charge is -2.33. The molecule has 2 aliphatic heterocycles. The maximum Gasteiger partial charge on any atom is 0.257 e. The van der Waals surface area contributed by atoms with E-state index in [0.717, 1.165) is 69.7 Å². The van der Waals surface area contributed by atoms with Gasteiger partial charge in [-0.25, -0.2) is 0 Å². The van der Waals surface area contributed by atoms with E-state index in [1.807, 2.05) is 29.2 Å². The number of thiophene rings is 1. The number of likely N-dealkylation sites (tertiary alicyclic amines) is 2.